The van der Waals surface area contributed by atoms with Crippen LogP contribution < -0.4 is 14.8 Å². The number of amides is 2. The number of benzene rings is 1. The first-order valence-electron chi connectivity index (χ1n) is 9.40. The lowest BCUT2D eigenvalue weighted by atomic mass is 9.90. The van der Waals surface area contributed by atoms with Gasteiger partial charge in [-0.3, -0.25) is 4.79 Å². The molecule has 1 aliphatic rings. The van der Waals surface area contributed by atoms with E-state index in [9.17, 15) is 14.7 Å². The second-order valence-corrected chi connectivity index (χ2v) is 7.32. The highest BCUT2D eigenvalue weighted by Gasteiger charge is 2.42. The Kier molecular flexibility index (Phi) is 6.93. The van der Waals surface area contributed by atoms with Gasteiger partial charge >= 0.3 is 12.0 Å². The SMILES string of the molecule is CCCCOc1ccc(C(C)NC(=O)N2CCC(C)(C(=O)O)C2)cc1OC. The molecule has 7 heteroatoms. The average Bonchev–Trinajstić information content (AvgIpc) is 3.06. The van der Waals surface area contributed by atoms with Crippen LogP contribution in [0.3, 0.4) is 0 Å². The third-order valence-corrected chi connectivity index (χ3v) is 5.06. The molecule has 150 valence electrons. The van der Waals surface area contributed by atoms with Crippen molar-refractivity contribution in [2.24, 2.45) is 5.41 Å². The second kappa shape index (κ2) is 8.97. The molecule has 2 unspecified atom stereocenters. The molecule has 2 rings (SSSR count). The molecule has 7 nitrogen and oxygen atoms in total. The van der Waals surface area contributed by atoms with Gasteiger partial charge in [0.1, 0.15) is 0 Å². The zero-order valence-corrected chi connectivity index (χ0v) is 16.6. The molecule has 0 spiro atoms. The summed E-state index contributed by atoms with van der Waals surface area (Å²) in [5.41, 5.74) is 0.0181. The average molecular weight is 378 g/mol. The molecule has 1 aliphatic heterocycles. The van der Waals surface area contributed by atoms with Crippen molar-refractivity contribution < 1.29 is 24.2 Å². The van der Waals surface area contributed by atoms with Crippen molar-refractivity contribution in [1.29, 1.82) is 0 Å². The van der Waals surface area contributed by atoms with Crippen LogP contribution in [0.2, 0.25) is 0 Å². The van der Waals surface area contributed by atoms with Gasteiger partial charge in [0, 0.05) is 13.1 Å². The maximum atomic E-state index is 12.5. The van der Waals surface area contributed by atoms with Gasteiger partial charge in [0.2, 0.25) is 0 Å². The molecule has 0 bridgehead atoms. The Hall–Kier alpha value is -2.44. The topological polar surface area (TPSA) is 88.1 Å². The summed E-state index contributed by atoms with van der Waals surface area (Å²) in [7, 11) is 1.59. The highest BCUT2D eigenvalue weighted by atomic mass is 16.5. The van der Waals surface area contributed by atoms with Crippen LogP contribution >= 0.6 is 0 Å². The molecule has 1 fully saturated rings. The Balaban J connectivity index is 2.00. The van der Waals surface area contributed by atoms with Crippen LogP contribution in [0.4, 0.5) is 4.79 Å². The number of likely N-dealkylation sites (tertiary alicyclic amines) is 1. The zero-order chi connectivity index (χ0) is 20.0. The standard InChI is InChI=1S/C20H30N2O5/c1-5-6-11-27-16-8-7-15(12-17(16)26-4)14(2)21-19(25)22-10-9-20(3,13-22)18(23)24/h7-8,12,14H,5-6,9-11,13H2,1-4H3,(H,21,25)(H,23,24). The predicted octanol–water partition coefficient (Wildman–Crippen LogP) is 3.44. The van der Waals surface area contributed by atoms with Crippen LogP contribution in [-0.4, -0.2) is 48.8 Å². The summed E-state index contributed by atoms with van der Waals surface area (Å²) < 4.78 is 11.1. The van der Waals surface area contributed by atoms with Crippen molar-refractivity contribution in [3.63, 3.8) is 0 Å². The van der Waals surface area contributed by atoms with Crippen LogP contribution in [-0.2, 0) is 4.79 Å². The number of carboxylic acids is 1. The van der Waals surface area contributed by atoms with E-state index in [0.29, 0.717) is 31.1 Å². The maximum Gasteiger partial charge on any atom is 0.317 e. The molecule has 2 atom stereocenters. The Bertz CT molecular complexity index is 678. The molecule has 2 amide bonds. The number of unbranched alkanes of at least 4 members (excludes halogenated alkanes) is 1. The monoisotopic (exact) mass is 378 g/mol. The van der Waals surface area contributed by atoms with E-state index < -0.39 is 11.4 Å². The molecule has 1 heterocycles. The largest absolute Gasteiger partial charge is 0.493 e. The van der Waals surface area contributed by atoms with Gasteiger partial charge in [0.15, 0.2) is 11.5 Å². The third-order valence-electron chi connectivity index (χ3n) is 5.06. The smallest absolute Gasteiger partial charge is 0.317 e. The normalized spacial score (nSPS) is 20.2. The summed E-state index contributed by atoms with van der Waals surface area (Å²) in [5.74, 6) is 0.448. The van der Waals surface area contributed by atoms with Gasteiger partial charge in [-0.05, 0) is 44.4 Å². The van der Waals surface area contributed by atoms with E-state index in [1.807, 2.05) is 25.1 Å². The highest BCUT2D eigenvalue weighted by molar-refractivity contribution is 5.79. The van der Waals surface area contributed by atoms with E-state index in [1.165, 1.54) is 0 Å². The van der Waals surface area contributed by atoms with E-state index in [4.69, 9.17) is 9.47 Å². The molecule has 1 saturated heterocycles. The summed E-state index contributed by atoms with van der Waals surface area (Å²) in [5, 5.41) is 12.2. The summed E-state index contributed by atoms with van der Waals surface area (Å²) in [6.07, 6.45) is 2.49. The Labute approximate surface area is 160 Å². The van der Waals surface area contributed by atoms with E-state index in [1.54, 1.807) is 18.9 Å². The molecule has 0 radical (unpaired) electrons. The molecule has 2 N–H and O–H groups in total. The molecular formula is C20H30N2O5. The number of carbonyl (C=O) groups is 2. The van der Waals surface area contributed by atoms with Gasteiger partial charge in [0.05, 0.1) is 25.2 Å². The van der Waals surface area contributed by atoms with Crippen LogP contribution in [0.1, 0.15) is 51.6 Å². The van der Waals surface area contributed by atoms with Crippen molar-refractivity contribution >= 4 is 12.0 Å². The fourth-order valence-electron chi connectivity index (χ4n) is 3.07. The fourth-order valence-corrected chi connectivity index (χ4v) is 3.07. The minimum absolute atomic E-state index is 0.217. The number of aliphatic carboxylic acids is 1. The molecule has 27 heavy (non-hydrogen) atoms. The summed E-state index contributed by atoms with van der Waals surface area (Å²) in [6.45, 7) is 6.96. The number of carbonyl (C=O) groups excluding carboxylic acids is 1. The lowest BCUT2D eigenvalue weighted by Gasteiger charge is -2.23. The minimum Gasteiger partial charge on any atom is -0.493 e. The van der Waals surface area contributed by atoms with E-state index in [-0.39, 0.29) is 18.6 Å². The minimum atomic E-state index is -0.874. The Morgan fingerprint density at radius 3 is 2.70 bits per heavy atom. The maximum absolute atomic E-state index is 12.5. The third kappa shape index (κ3) is 5.05. The summed E-state index contributed by atoms with van der Waals surface area (Å²) in [6, 6.07) is 5.11. The molecule has 0 aliphatic carbocycles. The zero-order valence-electron chi connectivity index (χ0n) is 16.6. The quantitative estimate of drug-likeness (QED) is 0.677. The molecule has 1 aromatic carbocycles. The first-order chi connectivity index (χ1) is 12.8. The molecular weight excluding hydrogens is 348 g/mol. The first-order valence-corrected chi connectivity index (χ1v) is 9.40. The van der Waals surface area contributed by atoms with Crippen LogP contribution in [0, 0.1) is 5.41 Å². The predicted molar refractivity (Wildman–Crippen MR) is 102 cm³/mol. The van der Waals surface area contributed by atoms with Crippen molar-refractivity contribution in [1.82, 2.24) is 10.2 Å². The van der Waals surface area contributed by atoms with Crippen LogP contribution in [0.25, 0.3) is 0 Å². The number of ether oxygens (including phenoxy) is 2. The second-order valence-electron chi connectivity index (χ2n) is 7.32. The lowest BCUT2D eigenvalue weighted by molar-refractivity contribution is -0.147. The number of carboxylic acid groups (broad SMARTS) is 1. The first kappa shape index (κ1) is 20.9. The highest BCUT2D eigenvalue weighted by Crippen LogP contribution is 2.32. The number of urea groups is 1. The van der Waals surface area contributed by atoms with E-state index in [0.717, 1.165) is 18.4 Å². The van der Waals surface area contributed by atoms with Crippen LogP contribution in [0.5, 0.6) is 11.5 Å². The molecule has 1 aromatic rings. The van der Waals surface area contributed by atoms with Gasteiger partial charge in [-0.15, -0.1) is 0 Å². The van der Waals surface area contributed by atoms with Crippen LogP contribution in [0.15, 0.2) is 18.2 Å². The van der Waals surface area contributed by atoms with E-state index in [2.05, 4.69) is 12.2 Å². The fraction of sp³-hybridized carbons (Fsp3) is 0.600. The van der Waals surface area contributed by atoms with Gasteiger partial charge in [0.25, 0.3) is 0 Å². The Morgan fingerprint density at radius 2 is 2.11 bits per heavy atom. The van der Waals surface area contributed by atoms with Crippen molar-refractivity contribution in [3.8, 4) is 11.5 Å². The number of nitrogens with zero attached hydrogens (tertiary/aromatic N) is 1. The number of rotatable bonds is 8. The van der Waals surface area contributed by atoms with Gasteiger partial charge in [-0.1, -0.05) is 19.4 Å². The van der Waals surface area contributed by atoms with Gasteiger partial charge < -0.3 is 24.8 Å². The number of hydrogen-bond acceptors (Lipinski definition) is 4. The molecule has 0 aromatic heterocycles. The number of hydrogen-bond donors (Lipinski definition) is 2. The van der Waals surface area contributed by atoms with E-state index >= 15 is 0 Å². The molecule has 0 saturated carbocycles. The number of nitrogens with one attached hydrogen (secondary N) is 1. The summed E-state index contributed by atoms with van der Waals surface area (Å²) in [4.78, 5) is 25.4. The van der Waals surface area contributed by atoms with Crippen molar-refractivity contribution in [2.75, 3.05) is 26.8 Å². The van der Waals surface area contributed by atoms with Gasteiger partial charge in [-0.2, -0.15) is 0 Å². The van der Waals surface area contributed by atoms with Crippen molar-refractivity contribution in [2.45, 2.75) is 46.1 Å². The summed E-state index contributed by atoms with van der Waals surface area (Å²) >= 11 is 0. The number of methoxy groups -OCH3 is 1. The lowest BCUT2D eigenvalue weighted by Crippen LogP contribution is -2.41. The Morgan fingerprint density at radius 1 is 1.37 bits per heavy atom. The van der Waals surface area contributed by atoms with Gasteiger partial charge in [-0.25, -0.2) is 4.79 Å². The van der Waals surface area contributed by atoms with Crippen molar-refractivity contribution in [3.05, 3.63) is 23.8 Å².